The monoisotopic (exact) mass is 254 g/mol. The number of thiazole rings is 1. The van der Waals surface area contributed by atoms with Crippen molar-refractivity contribution in [3.05, 3.63) is 11.1 Å². The quantitative estimate of drug-likeness (QED) is 0.900. The lowest BCUT2D eigenvalue weighted by Gasteiger charge is -2.33. The standard InChI is InChI=1S/C13H22N2OS/c1-9-4-6-11(7-5-9)15(3)13-14-8-12(17-13)10(2)16/h8-11,16H,4-7H2,1-3H3. The van der Waals surface area contributed by atoms with Gasteiger partial charge in [-0.25, -0.2) is 4.98 Å². The first-order valence-electron chi connectivity index (χ1n) is 6.44. The van der Waals surface area contributed by atoms with Crippen LogP contribution in [-0.2, 0) is 0 Å². The fraction of sp³-hybridized carbons (Fsp3) is 0.769. The molecule has 1 saturated carbocycles. The summed E-state index contributed by atoms with van der Waals surface area (Å²) in [6.45, 7) is 4.13. The van der Waals surface area contributed by atoms with Crippen LogP contribution in [0.15, 0.2) is 6.20 Å². The van der Waals surface area contributed by atoms with Crippen molar-refractivity contribution in [3.63, 3.8) is 0 Å². The van der Waals surface area contributed by atoms with Crippen molar-refractivity contribution in [3.8, 4) is 0 Å². The number of nitrogens with zero attached hydrogens (tertiary/aromatic N) is 2. The Bertz CT molecular complexity index is 356. The van der Waals surface area contributed by atoms with Crippen LogP contribution in [-0.4, -0.2) is 23.2 Å². The molecule has 1 aliphatic carbocycles. The zero-order valence-corrected chi connectivity index (χ0v) is 11.7. The Balaban J connectivity index is 2.01. The van der Waals surface area contributed by atoms with Crippen molar-refractivity contribution in [2.75, 3.05) is 11.9 Å². The summed E-state index contributed by atoms with van der Waals surface area (Å²) >= 11 is 1.61. The minimum atomic E-state index is -0.402. The van der Waals surface area contributed by atoms with E-state index in [1.54, 1.807) is 24.5 Å². The Kier molecular flexibility index (Phi) is 4.05. The van der Waals surface area contributed by atoms with E-state index in [4.69, 9.17) is 0 Å². The van der Waals surface area contributed by atoms with Crippen LogP contribution in [0.25, 0.3) is 0 Å². The molecule has 4 heteroatoms. The number of aromatic nitrogens is 1. The highest BCUT2D eigenvalue weighted by Gasteiger charge is 2.23. The molecule has 1 aromatic heterocycles. The molecule has 1 aliphatic rings. The fourth-order valence-electron chi connectivity index (χ4n) is 2.42. The highest BCUT2D eigenvalue weighted by molar-refractivity contribution is 7.15. The van der Waals surface area contributed by atoms with E-state index < -0.39 is 6.10 Å². The van der Waals surface area contributed by atoms with Crippen LogP contribution in [0.3, 0.4) is 0 Å². The summed E-state index contributed by atoms with van der Waals surface area (Å²) in [6.07, 6.45) is 6.57. The van der Waals surface area contributed by atoms with Crippen molar-refractivity contribution < 1.29 is 5.11 Å². The fourth-order valence-corrected chi connectivity index (χ4v) is 3.30. The lowest BCUT2D eigenvalue weighted by atomic mass is 9.87. The van der Waals surface area contributed by atoms with Gasteiger partial charge in [-0.1, -0.05) is 18.3 Å². The molecule has 1 aromatic rings. The Morgan fingerprint density at radius 1 is 1.41 bits per heavy atom. The molecule has 3 nitrogen and oxygen atoms in total. The Morgan fingerprint density at radius 3 is 2.59 bits per heavy atom. The zero-order valence-electron chi connectivity index (χ0n) is 10.9. The highest BCUT2D eigenvalue weighted by atomic mass is 32.1. The first-order valence-corrected chi connectivity index (χ1v) is 7.26. The molecule has 1 atom stereocenters. The van der Waals surface area contributed by atoms with Gasteiger partial charge in [-0.2, -0.15) is 0 Å². The molecule has 0 bridgehead atoms. The van der Waals surface area contributed by atoms with Crippen LogP contribution in [0.1, 0.15) is 50.5 Å². The predicted octanol–water partition coefficient (Wildman–Crippen LogP) is 3.21. The normalized spacial score (nSPS) is 26.8. The Hall–Kier alpha value is -0.610. The average Bonchev–Trinajstić information content (AvgIpc) is 2.78. The third-order valence-corrected chi connectivity index (χ3v) is 5.02. The molecule has 0 spiro atoms. The van der Waals surface area contributed by atoms with E-state index in [-0.39, 0.29) is 0 Å². The van der Waals surface area contributed by atoms with Gasteiger partial charge in [0.05, 0.1) is 11.0 Å². The molecular weight excluding hydrogens is 232 g/mol. The Morgan fingerprint density at radius 2 is 2.06 bits per heavy atom. The Labute approximate surface area is 107 Å². The van der Waals surface area contributed by atoms with Crippen molar-refractivity contribution >= 4 is 16.5 Å². The summed E-state index contributed by atoms with van der Waals surface area (Å²) in [5.41, 5.74) is 0. The van der Waals surface area contributed by atoms with Gasteiger partial charge in [0.2, 0.25) is 0 Å². The lowest BCUT2D eigenvalue weighted by Crippen LogP contribution is -2.34. The zero-order chi connectivity index (χ0) is 12.4. The summed E-state index contributed by atoms with van der Waals surface area (Å²) in [5.74, 6) is 0.879. The van der Waals surface area contributed by atoms with Gasteiger partial charge in [0.25, 0.3) is 0 Å². The van der Waals surface area contributed by atoms with Crippen LogP contribution in [0.5, 0.6) is 0 Å². The number of anilines is 1. The van der Waals surface area contributed by atoms with Crippen LogP contribution in [0.2, 0.25) is 0 Å². The smallest absolute Gasteiger partial charge is 0.185 e. The number of aliphatic hydroxyl groups is 1. The molecule has 1 N–H and O–H groups in total. The van der Waals surface area contributed by atoms with E-state index >= 15 is 0 Å². The maximum absolute atomic E-state index is 9.52. The van der Waals surface area contributed by atoms with Gasteiger partial charge >= 0.3 is 0 Å². The van der Waals surface area contributed by atoms with Crippen molar-refractivity contribution in [2.24, 2.45) is 5.92 Å². The van der Waals surface area contributed by atoms with E-state index in [9.17, 15) is 5.11 Å². The van der Waals surface area contributed by atoms with Crippen LogP contribution >= 0.6 is 11.3 Å². The topological polar surface area (TPSA) is 36.4 Å². The van der Waals surface area contributed by atoms with Crippen molar-refractivity contribution in [2.45, 2.75) is 51.7 Å². The maximum Gasteiger partial charge on any atom is 0.185 e. The summed E-state index contributed by atoms with van der Waals surface area (Å²) < 4.78 is 0. The molecule has 1 unspecified atom stereocenters. The molecular formula is C13H22N2OS. The summed E-state index contributed by atoms with van der Waals surface area (Å²) in [5, 5.41) is 10.6. The number of aliphatic hydroxyl groups excluding tert-OH is 1. The van der Waals surface area contributed by atoms with Gasteiger partial charge in [-0.15, -0.1) is 0 Å². The molecule has 0 aliphatic heterocycles. The number of hydrogen-bond donors (Lipinski definition) is 1. The van der Waals surface area contributed by atoms with Gasteiger partial charge in [0, 0.05) is 19.3 Å². The summed E-state index contributed by atoms with van der Waals surface area (Å²) in [7, 11) is 2.13. The minimum absolute atomic E-state index is 0.402. The second-order valence-electron chi connectivity index (χ2n) is 5.25. The summed E-state index contributed by atoms with van der Waals surface area (Å²) in [4.78, 5) is 7.66. The predicted molar refractivity (Wildman–Crippen MR) is 72.6 cm³/mol. The molecule has 0 saturated heterocycles. The molecule has 0 aromatic carbocycles. The second-order valence-corrected chi connectivity index (χ2v) is 6.29. The van der Waals surface area contributed by atoms with Gasteiger partial charge in [-0.05, 0) is 38.5 Å². The van der Waals surface area contributed by atoms with Gasteiger partial charge in [-0.3, -0.25) is 0 Å². The van der Waals surface area contributed by atoms with Crippen LogP contribution in [0.4, 0.5) is 5.13 Å². The van der Waals surface area contributed by atoms with E-state index in [1.807, 2.05) is 0 Å². The van der Waals surface area contributed by atoms with E-state index in [0.29, 0.717) is 6.04 Å². The van der Waals surface area contributed by atoms with Crippen LogP contribution in [0, 0.1) is 5.92 Å². The molecule has 0 amide bonds. The average molecular weight is 254 g/mol. The first-order chi connectivity index (χ1) is 8.08. The molecule has 17 heavy (non-hydrogen) atoms. The van der Waals surface area contributed by atoms with Crippen LogP contribution < -0.4 is 4.90 Å². The van der Waals surface area contributed by atoms with E-state index in [0.717, 1.165) is 15.9 Å². The third kappa shape index (κ3) is 2.99. The first kappa shape index (κ1) is 12.8. The molecule has 2 rings (SSSR count). The molecule has 1 fully saturated rings. The van der Waals surface area contributed by atoms with E-state index in [1.165, 1.54) is 25.7 Å². The SMILES string of the molecule is CC1CCC(N(C)c2ncc(C(C)O)s2)CC1. The van der Waals surface area contributed by atoms with Crippen molar-refractivity contribution in [1.29, 1.82) is 0 Å². The molecule has 96 valence electrons. The second kappa shape index (κ2) is 5.36. The summed E-state index contributed by atoms with van der Waals surface area (Å²) in [6, 6.07) is 0.624. The highest BCUT2D eigenvalue weighted by Crippen LogP contribution is 2.32. The van der Waals surface area contributed by atoms with Gasteiger partial charge in [0.15, 0.2) is 5.13 Å². The van der Waals surface area contributed by atoms with E-state index in [2.05, 4.69) is 23.9 Å². The maximum atomic E-state index is 9.52. The molecule has 0 radical (unpaired) electrons. The molecule has 1 heterocycles. The lowest BCUT2D eigenvalue weighted by molar-refractivity contribution is 0.203. The minimum Gasteiger partial charge on any atom is -0.388 e. The number of hydrogen-bond acceptors (Lipinski definition) is 4. The largest absolute Gasteiger partial charge is 0.388 e. The third-order valence-electron chi connectivity index (χ3n) is 3.76. The number of rotatable bonds is 3. The van der Waals surface area contributed by atoms with Crippen molar-refractivity contribution in [1.82, 2.24) is 4.98 Å². The van der Waals surface area contributed by atoms with Gasteiger partial charge < -0.3 is 10.0 Å². The van der Waals surface area contributed by atoms with Gasteiger partial charge in [0.1, 0.15) is 0 Å².